The third-order valence-corrected chi connectivity index (χ3v) is 10.0. The number of fused-ring (bicyclic) bond motifs is 2. The molecule has 2 aliphatic rings. The van der Waals surface area contributed by atoms with Crippen LogP contribution in [0, 0.1) is 49.6 Å². The quantitative estimate of drug-likeness (QED) is 0.155. The molecule has 0 aliphatic carbocycles. The Hall–Kier alpha value is -4.61. The lowest BCUT2D eigenvalue weighted by molar-refractivity contribution is -0.139. The van der Waals surface area contributed by atoms with Crippen LogP contribution in [0.2, 0.25) is 0 Å². The van der Waals surface area contributed by atoms with Gasteiger partial charge in [0, 0.05) is 42.0 Å². The van der Waals surface area contributed by atoms with Crippen molar-refractivity contribution in [2.24, 2.45) is 5.92 Å². The lowest BCUT2D eigenvalue weighted by Crippen LogP contribution is -2.46. The number of nitrogens with zero attached hydrogens (tertiary/aromatic N) is 2. The van der Waals surface area contributed by atoms with Crippen molar-refractivity contribution in [1.82, 2.24) is 14.8 Å². The number of ether oxygens (including phenoxy) is 1. The van der Waals surface area contributed by atoms with Gasteiger partial charge in [0.15, 0.2) is 0 Å². The van der Waals surface area contributed by atoms with E-state index in [4.69, 9.17) is 11.2 Å². The second kappa shape index (κ2) is 15.8. The van der Waals surface area contributed by atoms with E-state index in [1.54, 1.807) is 13.8 Å². The molecule has 0 spiro atoms. The standard InChI is InChI=1S/C39H41F6N3O5/c1-6-23-14-28(34-21(4)12-25(40)13-22(34)5)37(42)35(36(23)41)30(16-33(50)51)46-38(52)31(11-20(2)3)48-17-24(29(15-32(48)49)39(43,44)45)9-10-47-26-7-8-27(47)19-53-18-26/h1,12-15,17,20,26-27,30-31H,7-11,16,18-19H2,2-5H3,(H,46,52)(H,50,51)/t26?,27?,30-,31+/m0/s1. The number of morpholine rings is 1. The maximum atomic E-state index is 16.5. The van der Waals surface area contributed by atoms with Crippen molar-refractivity contribution >= 4 is 11.9 Å². The third-order valence-electron chi connectivity index (χ3n) is 10.0. The Morgan fingerprint density at radius 1 is 1.04 bits per heavy atom. The monoisotopic (exact) mass is 745 g/mol. The van der Waals surface area contributed by atoms with E-state index in [1.165, 1.54) is 13.8 Å². The number of terminal acetylenes is 1. The van der Waals surface area contributed by atoms with Crippen molar-refractivity contribution < 1.29 is 45.8 Å². The van der Waals surface area contributed by atoms with Crippen molar-refractivity contribution in [2.45, 2.75) is 90.1 Å². The van der Waals surface area contributed by atoms with Crippen LogP contribution in [-0.4, -0.2) is 58.3 Å². The molecule has 2 fully saturated rings. The van der Waals surface area contributed by atoms with Gasteiger partial charge in [0.2, 0.25) is 5.91 Å². The van der Waals surface area contributed by atoms with Crippen molar-refractivity contribution in [3.8, 4) is 23.5 Å². The number of hydrogen-bond acceptors (Lipinski definition) is 5. The van der Waals surface area contributed by atoms with Crippen LogP contribution >= 0.6 is 0 Å². The highest BCUT2D eigenvalue weighted by molar-refractivity contribution is 5.82. The van der Waals surface area contributed by atoms with Crippen molar-refractivity contribution in [1.29, 1.82) is 0 Å². The van der Waals surface area contributed by atoms with Gasteiger partial charge in [-0.05, 0) is 85.9 Å². The average molecular weight is 746 g/mol. The van der Waals surface area contributed by atoms with Crippen LogP contribution in [0.4, 0.5) is 26.3 Å². The Morgan fingerprint density at radius 2 is 1.66 bits per heavy atom. The maximum absolute atomic E-state index is 16.5. The normalized spacial score (nSPS) is 18.5. The number of halogens is 6. The number of amides is 1. The Kier molecular flexibility index (Phi) is 11.8. The number of nitrogens with one attached hydrogen (secondary N) is 1. The van der Waals surface area contributed by atoms with Crippen LogP contribution in [0.5, 0.6) is 0 Å². The predicted octanol–water partition coefficient (Wildman–Crippen LogP) is 6.87. The van der Waals surface area contributed by atoms with Crippen molar-refractivity contribution in [2.75, 3.05) is 19.8 Å². The zero-order valence-corrected chi connectivity index (χ0v) is 29.8. The highest BCUT2D eigenvalue weighted by Gasteiger charge is 2.39. The first-order valence-corrected chi connectivity index (χ1v) is 17.3. The number of carbonyl (C=O) groups is 2. The smallest absolute Gasteiger partial charge is 0.416 e. The van der Waals surface area contributed by atoms with Gasteiger partial charge in [0.1, 0.15) is 23.5 Å². The summed E-state index contributed by atoms with van der Waals surface area (Å²) in [6, 6.07) is 0.479. The molecular formula is C39H41F6N3O5. The number of pyridine rings is 1. The second-order valence-electron chi connectivity index (χ2n) is 14.2. The zero-order chi connectivity index (χ0) is 38.9. The van der Waals surface area contributed by atoms with Crippen molar-refractivity contribution in [3.63, 3.8) is 0 Å². The van der Waals surface area contributed by atoms with Crippen molar-refractivity contribution in [3.05, 3.63) is 91.6 Å². The summed E-state index contributed by atoms with van der Waals surface area (Å²) in [7, 11) is 0. The Bertz CT molecular complexity index is 1960. The van der Waals surface area contributed by atoms with Crippen LogP contribution in [0.15, 0.2) is 35.3 Å². The van der Waals surface area contributed by atoms with E-state index in [9.17, 15) is 37.1 Å². The number of benzene rings is 2. The molecule has 2 bridgehead atoms. The maximum Gasteiger partial charge on any atom is 0.416 e. The molecule has 2 aromatic carbocycles. The topological polar surface area (TPSA) is 101 Å². The van der Waals surface area contributed by atoms with Crippen LogP contribution in [-0.2, 0) is 26.9 Å². The first-order chi connectivity index (χ1) is 24.9. The Morgan fingerprint density at radius 3 is 2.21 bits per heavy atom. The van der Waals surface area contributed by atoms with E-state index in [-0.39, 0.29) is 65.2 Å². The molecular weight excluding hydrogens is 704 g/mol. The first-order valence-electron chi connectivity index (χ1n) is 17.3. The van der Waals surface area contributed by atoms with Crippen LogP contribution in [0.1, 0.15) is 85.0 Å². The number of aromatic nitrogens is 1. The van der Waals surface area contributed by atoms with Crippen LogP contribution < -0.4 is 10.9 Å². The van der Waals surface area contributed by atoms with E-state index < -0.39 is 76.3 Å². The fraction of sp³-hybridized carbons (Fsp3) is 0.462. The summed E-state index contributed by atoms with van der Waals surface area (Å²) in [5.74, 6) is -3.99. The van der Waals surface area contributed by atoms with Gasteiger partial charge in [0.25, 0.3) is 5.56 Å². The van der Waals surface area contributed by atoms with Gasteiger partial charge in [-0.15, -0.1) is 6.42 Å². The molecule has 0 radical (unpaired) electrons. The molecule has 8 nitrogen and oxygen atoms in total. The zero-order valence-electron chi connectivity index (χ0n) is 29.8. The fourth-order valence-electron chi connectivity index (χ4n) is 7.67. The number of aliphatic carboxylic acids is 1. The number of carboxylic acids is 1. The third kappa shape index (κ3) is 8.47. The van der Waals surface area contributed by atoms with Gasteiger partial charge >= 0.3 is 12.1 Å². The highest BCUT2D eigenvalue weighted by atomic mass is 19.4. The molecule has 2 aliphatic heterocycles. The molecule has 2 N–H and O–H groups in total. The number of aryl methyl sites for hydroxylation is 2. The molecule has 2 unspecified atom stereocenters. The highest BCUT2D eigenvalue weighted by Crippen LogP contribution is 2.38. The number of rotatable bonds is 12. The Labute approximate surface area is 303 Å². The number of carboxylic acid groups (broad SMARTS) is 1. The van der Waals surface area contributed by atoms with E-state index in [2.05, 4.69) is 16.1 Å². The second-order valence-corrected chi connectivity index (χ2v) is 14.2. The summed E-state index contributed by atoms with van der Waals surface area (Å²) in [5, 5.41) is 12.2. The van der Waals surface area contributed by atoms with Gasteiger partial charge in [-0.2, -0.15) is 13.2 Å². The van der Waals surface area contributed by atoms with Gasteiger partial charge in [-0.3, -0.25) is 19.3 Å². The van der Waals surface area contributed by atoms with Gasteiger partial charge in [-0.25, -0.2) is 13.2 Å². The summed E-state index contributed by atoms with van der Waals surface area (Å²) in [5.41, 5.74) is -3.37. The molecule has 3 heterocycles. The lowest BCUT2D eigenvalue weighted by Gasteiger charge is -2.34. The summed E-state index contributed by atoms with van der Waals surface area (Å²) in [4.78, 5) is 41.7. The summed E-state index contributed by atoms with van der Waals surface area (Å²) in [6.45, 7) is 7.58. The van der Waals surface area contributed by atoms with E-state index in [0.717, 1.165) is 41.8 Å². The predicted molar refractivity (Wildman–Crippen MR) is 185 cm³/mol. The summed E-state index contributed by atoms with van der Waals surface area (Å²) in [6.07, 6.45) is 2.15. The van der Waals surface area contributed by atoms with Gasteiger partial charge in [-0.1, -0.05) is 19.8 Å². The SMILES string of the molecule is C#Cc1cc(-c2c(C)cc(F)cc2C)c(F)c([C@H](CC(=O)O)NC(=O)[C@@H](CC(C)C)n2cc(CCN3C4CCC3COC4)c(C(F)(F)F)cc2=O)c1F. The van der Waals surface area contributed by atoms with Crippen LogP contribution in [0.25, 0.3) is 11.1 Å². The Balaban J connectivity index is 1.58. The van der Waals surface area contributed by atoms with Gasteiger partial charge in [0.05, 0.1) is 36.8 Å². The number of hydrogen-bond donors (Lipinski definition) is 2. The molecule has 1 amide bonds. The van der Waals surface area contributed by atoms with E-state index in [1.807, 2.05) is 0 Å². The average Bonchev–Trinajstić information content (AvgIpc) is 3.27. The summed E-state index contributed by atoms with van der Waals surface area (Å²) < 4.78 is 96.0. The minimum atomic E-state index is -4.88. The van der Waals surface area contributed by atoms with E-state index in [0.29, 0.717) is 19.3 Å². The summed E-state index contributed by atoms with van der Waals surface area (Å²) >= 11 is 0. The van der Waals surface area contributed by atoms with Gasteiger partial charge < -0.3 is 19.7 Å². The molecule has 284 valence electrons. The molecule has 2 saturated heterocycles. The molecule has 14 heteroatoms. The fourth-order valence-corrected chi connectivity index (χ4v) is 7.67. The molecule has 4 atom stereocenters. The number of carbonyl (C=O) groups excluding carboxylic acids is 1. The number of alkyl halides is 3. The molecule has 3 aromatic rings. The van der Waals surface area contributed by atoms with Crippen LogP contribution in [0.3, 0.4) is 0 Å². The molecule has 53 heavy (non-hydrogen) atoms. The first kappa shape index (κ1) is 39.6. The molecule has 5 rings (SSSR count). The minimum absolute atomic E-state index is 0.0600. The largest absolute Gasteiger partial charge is 0.481 e. The minimum Gasteiger partial charge on any atom is -0.481 e. The van der Waals surface area contributed by atoms with E-state index >= 15 is 8.78 Å². The lowest BCUT2D eigenvalue weighted by atomic mass is 9.89. The molecule has 0 saturated carbocycles. The molecule has 1 aromatic heterocycles.